The Morgan fingerprint density at radius 3 is 2.95 bits per heavy atom. The van der Waals surface area contributed by atoms with Gasteiger partial charge in [-0.05, 0) is 30.7 Å². The van der Waals surface area contributed by atoms with E-state index in [1.165, 1.54) is 0 Å². The van der Waals surface area contributed by atoms with Crippen molar-refractivity contribution in [3.63, 3.8) is 0 Å². The van der Waals surface area contributed by atoms with Crippen molar-refractivity contribution < 1.29 is 4.79 Å². The highest BCUT2D eigenvalue weighted by Gasteiger charge is 2.16. The molecule has 0 saturated carbocycles. The van der Waals surface area contributed by atoms with Crippen molar-refractivity contribution in [1.82, 2.24) is 20.3 Å². The van der Waals surface area contributed by atoms with Gasteiger partial charge in [0.05, 0.1) is 6.04 Å². The molecule has 0 aliphatic heterocycles. The molecular weight excluding hydrogens is 252 g/mol. The highest BCUT2D eigenvalue weighted by Crippen LogP contribution is 2.16. The fourth-order valence-corrected chi connectivity index (χ4v) is 2.27. The zero-order valence-corrected chi connectivity index (χ0v) is 11.2. The fraction of sp³-hybridized carbons (Fsp3) is 0.200. The highest BCUT2D eigenvalue weighted by molar-refractivity contribution is 5.98. The van der Waals surface area contributed by atoms with Crippen molar-refractivity contribution in [2.75, 3.05) is 0 Å². The molecule has 0 saturated heterocycles. The molecule has 0 aliphatic carbocycles. The van der Waals surface area contributed by atoms with Crippen molar-refractivity contribution in [2.24, 2.45) is 0 Å². The molecule has 3 N–H and O–H groups in total. The summed E-state index contributed by atoms with van der Waals surface area (Å²) in [6, 6.07) is 7.48. The summed E-state index contributed by atoms with van der Waals surface area (Å²) < 4.78 is 0. The lowest BCUT2D eigenvalue weighted by Crippen LogP contribution is -2.28. The molecule has 0 spiro atoms. The van der Waals surface area contributed by atoms with E-state index in [0.717, 1.165) is 23.1 Å². The van der Waals surface area contributed by atoms with Gasteiger partial charge in [-0.25, -0.2) is 4.98 Å². The van der Waals surface area contributed by atoms with Crippen LogP contribution in [0.2, 0.25) is 0 Å². The van der Waals surface area contributed by atoms with Gasteiger partial charge in [0.2, 0.25) is 0 Å². The number of hydrogen-bond acceptors (Lipinski definition) is 2. The molecular formula is C15H16N4O. The van der Waals surface area contributed by atoms with E-state index in [-0.39, 0.29) is 11.9 Å². The number of aromatic amines is 2. The van der Waals surface area contributed by atoms with Crippen molar-refractivity contribution in [2.45, 2.75) is 19.4 Å². The Bertz CT molecular complexity index is 714. The number of carbonyl (C=O) groups excluding carboxylic acids is 1. The monoisotopic (exact) mass is 268 g/mol. The maximum absolute atomic E-state index is 12.3. The second kappa shape index (κ2) is 5.21. The topological polar surface area (TPSA) is 73.6 Å². The standard InChI is InChI=1S/C15H16N4O/c1-2-12(14-17-7-8-18-14)19-15(20)11-3-4-13-10(9-11)5-6-16-13/h3-9,12,16H,2H2,1H3,(H,17,18)(H,19,20). The zero-order valence-electron chi connectivity index (χ0n) is 11.2. The van der Waals surface area contributed by atoms with Crippen LogP contribution in [0.25, 0.3) is 10.9 Å². The van der Waals surface area contributed by atoms with Crippen LogP contribution in [0.3, 0.4) is 0 Å². The Morgan fingerprint density at radius 1 is 1.30 bits per heavy atom. The fourth-order valence-electron chi connectivity index (χ4n) is 2.27. The second-order valence-electron chi connectivity index (χ2n) is 4.69. The lowest BCUT2D eigenvalue weighted by Gasteiger charge is -2.14. The van der Waals surface area contributed by atoms with Gasteiger partial charge in [0, 0.05) is 35.1 Å². The Kier molecular flexibility index (Phi) is 3.25. The molecule has 0 bridgehead atoms. The minimum atomic E-state index is -0.0978. The van der Waals surface area contributed by atoms with Gasteiger partial charge >= 0.3 is 0 Å². The number of carbonyl (C=O) groups is 1. The van der Waals surface area contributed by atoms with Crippen LogP contribution in [0, 0.1) is 0 Å². The molecule has 2 heterocycles. The number of nitrogens with zero attached hydrogens (tertiary/aromatic N) is 1. The van der Waals surface area contributed by atoms with Crippen LogP contribution in [0.1, 0.15) is 35.6 Å². The van der Waals surface area contributed by atoms with Crippen LogP contribution in [0.5, 0.6) is 0 Å². The first kappa shape index (κ1) is 12.5. The van der Waals surface area contributed by atoms with Crippen molar-refractivity contribution >= 4 is 16.8 Å². The molecule has 1 atom stereocenters. The maximum Gasteiger partial charge on any atom is 0.251 e. The van der Waals surface area contributed by atoms with Gasteiger partial charge < -0.3 is 15.3 Å². The number of hydrogen-bond donors (Lipinski definition) is 3. The minimum Gasteiger partial charge on any atom is -0.361 e. The van der Waals surface area contributed by atoms with E-state index in [4.69, 9.17) is 0 Å². The third kappa shape index (κ3) is 2.30. The van der Waals surface area contributed by atoms with Gasteiger partial charge in [-0.2, -0.15) is 0 Å². The first-order valence-electron chi connectivity index (χ1n) is 6.65. The third-order valence-corrected chi connectivity index (χ3v) is 3.38. The van der Waals surface area contributed by atoms with Crippen LogP contribution >= 0.6 is 0 Å². The van der Waals surface area contributed by atoms with E-state index in [0.29, 0.717) is 5.56 Å². The molecule has 1 unspecified atom stereocenters. The average Bonchev–Trinajstić information content (AvgIpc) is 3.14. The smallest absolute Gasteiger partial charge is 0.251 e. The van der Waals surface area contributed by atoms with E-state index in [1.54, 1.807) is 12.4 Å². The van der Waals surface area contributed by atoms with Crippen LogP contribution in [0.4, 0.5) is 0 Å². The number of imidazole rings is 1. The number of fused-ring (bicyclic) bond motifs is 1. The molecule has 5 heteroatoms. The largest absolute Gasteiger partial charge is 0.361 e. The molecule has 0 radical (unpaired) electrons. The zero-order chi connectivity index (χ0) is 13.9. The maximum atomic E-state index is 12.3. The van der Waals surface area contributed by atoms with Gasteiger partial charge in [0.15, 0.2) is 0 Å². The lowest BCUT2D eigenvalue weighted by atomic mass is 10.1. The summed E-state index contributed by atoms with van der Waals surface area (Å²) in [5.41, 5.74) is 1.68. The van der Waals surface area contributed by atoms with Gasteiger partial charge in [0.1, 0.15) is 5.82 Å². The summed E-state index contributed by atoms with van der Waals surface area (Å²) in [6.07, 6.45) is 6.10. The number of rotatable bonds is 4. The number of aromatic nitrogens is 3. The van der Waals surface area contributed by atoms with E-state index >= 15 is 0 Å². The van der Waals surface area contributed by atoms with Crippen molar-refractivity contribution in [3.05, 3.63) is 54.2 Å². The van der Waals surface area contributed by atoms with Crippen LogP contribution in [-0.4, -0.2) is 20.9 Å². The summed E-state index contributed by atoms with van der Waals surface area (Å²) in [4.78, 5) is 22.7. The Labute approximate surface area is 116 Å². The molecule has 5 nitrogen and oxygen atoms in total. The third-order valence-electron chi connectivity index (χ3n) is 3.38. The molecule has 3 aromatic rings. The first-order valence-corrected chi connectivity index (χ1v) is 6.65. The molecule has 3 rings (SSSR count). The number of nitrogens with one attached hydrogen (secondary N) is 3. The normalized spacial score (nSPS) is 12.4. The SMILES string of the molecule is CCC(NC(=O)c1ccc2[nH]ccc2c1)c1ncc[nH]1. The summed E-state index contributed by atoms with van der Waals surface area (Å²) in [5.74, 6) is 0.694. The summed E-state index contributed by atoms with van der Waals surface area (Å²) in [7, 11) is 0. The molecule has 102 valence electrons. The predicted molar refractivity (Wildman–Crippen MR) is 77.4 cm³/mol. The first-order chi connectivity index (χ1) is 9.78. The predicted octanol–water partition coefficient (Wildman–Crippen LogP) is 2.77. The Hall–Kier alpha value is -2.56. The second-order valence-corrected chi connectivity index (χ2v) is 4.69. The van der Waals surface area contributed by atoms with Crippen LogP contribution in [0.15, 0.2) is 42.9 Å². The average molecular weight is 268 g/mol. The summed E-state index contributed by atoms with van der Waals surface area (Å²) in [6.45, 7) is 2.02. The molecule has 1 aromatic carbocycles. The Morgan fingerprint density at radius 2 is 2.20 bits per heavy atom. The van der Waals surface area contributed by atoms with Gasteiger partial charge in [-0.15, -0.1) is 0 Å². The quantitative estimate of drug-likeness (QED) is 0.680. The van der Waals surface area contributed by atoms with Crippen molar-refractivity contribution in [1.29, 1.82) is 0 Å². The van der Waals surface area contributed by atoms with Crippen molar-refractivity contribution in [3.8, 4) is 0 Å². The van der Waals surface area contributed by atoms with Gasteiger partial charge in [-0.3, -0.25) is 4.79 Å². The Balaban J connectivity index is 1.81. The van der Waals surface area contributed by atoms with E-state index < -0.39 is 0 Å². The van der Waals surface area contributed by atoms with Gasteiger partial charge in [0.25, 0.3) is 5.91 Å². The summed E-state index contributed by atoms with van der Waals surface area (Å²) in [5, 5.41) is 4.03. The summed E-state index contributed by atoms with van der Waals surface area (Å²) >= 11 is 0. The molecule has 1 amide bonds. The molecule has 2 aromatic heterocycles. The number of benzene rings is 1. The number of amides is 1. The van der Waals surface area contributed by atoms with E-state index in [1.807, 2.05) is 37.4 Å². The highest BCUT2D eigenvalue weighted by atomic mass is 16.1. The number of H-pyrrole nitrogens is 2. The lowest BCUT2D eigenvalue weighted by molar-refractivity contribution is 0.0934. The van der Waals surface area contributed by atoms with Crippen LogP contribution < -0.4 is 5.32 Å². The van der Waals surface area contributed by atoms with Crippen LogP contribution in [-0.2, 0) is 0 Å². The molecule has 0 fully saturated rings. The van der Waals surface area contributed by atoms with E-state index in [9.17, 15) is 4.79 Å². The van der Waals surface area contributed by atoms with Gasteiger partial charge in [-0.1, -0.05) is 6.92 Å². The minimum absolute atomic E-state index is 0.0867. The molecule has 0 aliphatic rings. The molecule has 20 heavy (non-hydrogen) atoms. The van der Waals surface area contributed by atoms with E-state index in [2.05, 4.69) is 20.3 Å².